The second-order valence-corrected chi connectivity index (χ2v) is 8.10. The van der Waals surface area contributed by atoms with Crippen LogP contribution < -0.4 is 14.8 Å². The monoisotopic (exact) mass is 424 g/mol. The molecule has 1 aliphatic heterocycles. The van der Waals surface area contributed by atoms with Crippen molar-refractivity contribution in [2.45, 2.75) is 13.1 Å². The van der Waals surface area contributed by atoms with Gasteiger partial charge in [0.05, 0.1) is 10.2 Å². The van der Waals surface area contributed by atoms with Crippen LogP contribution in [0.5, 0.6) is 11.5 Å². The molecule has 0 atom stereocenters. The SMILES string of the molecule is O=C(NCc1ccc2c(c1)OCO2)c1cc2sccc2n1Cc1ccccc1Cl. The number of fused-ring (bicyclic) bond motifs is 2. The standard InChI is InChI=1S/C22H17ClN2O3S/c23-16-4-2-1-3-15(16)12-25-17-7-8-29-21(17)10-18(25)22(26)24-11-14-5-6-19-20(9-14)28-13-27-19/h1-10H,11-13H2,(H,24,26). The Hall–Kier alpha value is -2.96. The molecule has 4 aromatic rings. The van der Waals surface area contributed by atoms with Gasteiger partial charge in [-0.25, -0.2) is 0 Å². The number of ether oxygens (including phenoxy) is 2. The predicted molar refractivity (Wildman–Crippen MR) is 114 cm³/mol. The third-order valence-electron chi connectivity index (χ3n) is 4.93. The largest absolute Gasteiger partial charge is 0.454 e. The lowest BCUT2D eigenvalue weighted by atomic mass is 10.2. The van der Waals surface area contributed by atoms with E-state index < -0.39 is 0 Å². The molecule has 0 saturated heterocycles. The van der Waals surface area contributed by atoms with Crippen LogP contribution in [0.15, 0.2) is 60.0 Å². The van der Waals surface area contributed by atoms with Crippen molar-refractivity contribution in [1.82, 2.24) is 9.88 Å². The molecule has 146 valence electrons. The maximum atomic E-state index is 13.0. The van der Waals surface area contributed by atoms with Crippen LogP contribution in [0.2, 0.25) is 5.02 Å². The third-order valence-corrected chi connectivity index (χ3v) is 6.15. The molecule has 0 radical (unpaired) electrons. The molecule has 3 heterocycles. The van der Waals surface area contributed by atoms with E-state index in [1.54, 1.807) is 11.3 Å². The van der Waals surface area contributed by atoms with Crippen molar-refractivity contribution in [1.29, 1.82) is 0 Å². The number of hydrogen-bond donors (Lipinski definition) is 1. The Morgan fingerprint density at radius 3 is 2.86 bits per heavy atom. The predicted octanol–water partition coefficient (Wildman–Crippen LogP) is 5.06. The number of carbonyl (C=O) groups is 1. The molecule has 1 amide bonds. The lowest BCUT2D eigenvalue weighted by Crippen LogP contribution is -2.25. The lowest BCUT2D eigenvalue weighted by Gasteiger charge is -2.12. The molecule has 0 unspecified atom stereocenters. The smallest absolute Gasteiger partial charge is 0.268 e. The zero-order chi connectivity index (χ0) is 19.8. The molecule has 5 rings (SSSR count). The first-order valence-electron chi connectivity index (χ1n) is 9.16. The molecule has 5 nitrogen and oxygen atoms in total. The Morgan fingerprint density at radius 1 is 1.10 bits per heavy atom. The van der Waals surface area contributed by atoms with E-state index in [1.165, 1.54) is 0 Å². The van der Waals surface area contributed by atoms with Gasteiger partial charge in [-0.1, -0.05) is 35.9 Å². The first kappa shape index (κ1) is 18.1. The van der Waals surface area contributed by atoms with Gasteiger partial charge in [-0.05, 0) is 46.8 Å². The average Bonchev–Trinajstić information content (AvgIpc) is 3.44. The fraction of sp³-hybridized carbons (Fsp3) is 0.136. The van der Waals surface area contributed by atoms with Crippen molar-refractivity contribution in [3.05, 3.63) is 81.8 Å². The van der Waals surface area contributed by atoms with Gasteiger partial charge in [-0.2, -0.15) is 0 Å². The first-order chi connectivity index (χ1) is 14.2. The summed E-state index contributed by atoms with van der Waals surface area (Å²) in [4.78, 5) is 13.0. The van der Waals surface area contributed by atoms with E-state index in [0.717, 1.165) is 27.1 Å². The Kier molecular flexibility index (Phi) is 4.66. The number of benzene rings is 2. The van der Waals surface area contributed by atoms with Gasteiger partial charge in [0.15, 0.2) is 11.5 Å². The molecule has 0 spiro atoms. The van der Waals surface area contributed by atoms with Gasteiger partial charge in [-0.3, -0.25) is 4.79 Å². The summed E-state index contributed by atoms with van der Waals surface area (Å²) in [6.45, 7) is 1.17. The van der Waals surface area contributed by atoms with Crippen molar-refractivity contribution < 1.29 is 14.3 Å². The van der Waals surface area contributed by atoms with Crippen molar-refractivity contribution in [3.8, 4) is 11.5 Å². The number of rotatable bonds is 5. The van der Waals surface area contributed by atoms with Crippen LogP contribution in [-0.4, -0.2) is 17.3 Å². The molecule has 1 N–H and O–H groups in total. The van der Waals surface area contributed by atoms with E-state index in [1.807, 2.05) is 64.5 Å². The minimum absolute atomic E-state index is 0.127. The van der Waals surface area contributed by atoms with Gasteiger partial charge >= 0.3 is 0 Å². The Bertz CT molecular complexity index is 1210. The quantitative estimate of drug-likeness (QED) is 0.487. The summed E-state index contributed by atoms with van der Waals surface area (Å²) < 4.78 is 13.8. The number of nitrogens with one attached hydrogen (secondary N) is 1. The molecular weight excluding hydrogens is 408 g/mol. The van der Waals surface area contributed by atoms with Gasteiger partial charge in [0, 0.05) is 18.1 Å². The Labute approximate surface area is 176 Å². The molecule has 7 heteroatoms. The van der Waals surface area contributed by atoms with Crippen LogP contribution in [-0.2, 0) is 13.1 Å². The van der Waals surface area contributed by atoms with Crippen LogP contribution >= 0.6 is 22.9 Å². The molecule has 0 bridgehead atoms. The summed E-state index contributed by atoms with van der Waals surface area (Å²) in [6, 6.07) is 17.4. The molecule has 2 aromatic carbocycles. The minimum atomic E-state index is -0.127. The van der Waals surface area contributed by atoms with E-state index in [0.29, 0.717) is 29.6 Å². The highest BCUT2D eigenvalue weighted by atomic mass is 35.5. The number of nitrogens with zero attached hydrogens (tertiary/aromatic N) is 1. The summed E-state index contributed by atoms with van der Waals surface area (Å²) in [6.07, 6.45) is 0. The average molecular weight is 425 g/mol. The molecular formula is C22H17ClN2O3S. The van der Waals surface area contributed by atoms with E-state index in [2.05, 4.69) is 5.32 Å². The van der Waals surface area contributed by atoms with E-state index in [-0.39, 0.29) is 12.7 Å². The van der Waals surface area contributed by atoms with Crippen LogP contribution in [0.4, 0.5) is 0 Å². The number of halogens is 1. The molecule has 29 heavy (non-hydrogen) atoms. The van der Waals surface area contributed by atoms with E-state index >= 15 is 0 Å². The first-order valence-corrected chi connectivity index (χ1v) is 10.4. The summed E-state index contributed by atoms with van der Waals surface area (Å²) in [5.74, 6) is 1.31. The Morgan fingerprint density at radius 2 is 1.97 bits per heavy atom. The van der Waals surface area contributed by atoms with Crippen LogP contribution in [0.3, 0.4) is 0 Å². The molecule has 0 saturated carbocycles. The van der Waals surface area contributed by atoms with Crippen LogP contribution in [0.25, 0.3) is 10.2 Å². The second kappa shape index (κ2) is 7.46. The summed E-state index contributed by atoms with van der Waals surface area (Å²) >= 11 is 7.97. The lowest BCUT2D eigenvalue weighted by molar-refractivity contribution is 0.0942. The fourth-order valence-corrected chi connectivity index (χ4v) is 4.47. The van der Waals surface area contributed by atoms with E-state index in [4.69, 9.17) is 21.1 Å². The van der Waals surface area contributed by atoms with Gasteiger partial charge in [-0.15, -0.1) is 11.3 Å². The highest BCUT2D eigenvalue weighted by Crippen LogP contribution is 2.32. The van der Waals surface area contributed by atoms with Gasteiger partial charge in [0.25, 0.3) is 5.91 Å². The second-order valence-electron chi connectivity index (χ2n) is 6.75. The maximum absolute atomic E-state index is 13.0. The highest BCUT2D eigenvalue weighted by Gasteiger charge is 2.18. The third kappa shape index (κ3) is 3.45. The fourth-order valence-electron chi connectivity index (χ4n) is 3.46. The van der Waals surface area contributed by atoms with Crippen molar-refractivity contribution in [2.24, 2.45) is 0 Å². The minimum Gasteiger partial charge on any atom is -0.454 e. The molecule has 2 aromatic heterocycles. The van der Waals surface area contributed by atoms with Crippen molar-refractivity contribution in [2.75, 3.05) is 6.79 Å². The van der Waals surface area contributed by atoms with Gasteiger partial charge in [0.2, 0.25) is 6.79 Å². The van der Waals surface area contributed by atoms with Crippen molar-refractivity contribution in [3.63, 3.8) is 0 Å². The number of amides is 1. The summed E-state index contributed by atoms with van der Waals surface area (Å²) in [7, 11) is 0. The van der Waals surface area contributed by atoms with Crippen molar-refractivity contribution >= 4 is 39.1 Å². The highest BCUT2D eigenvalue weighted by molar-refractivity contribution is 7.17. The molecule has 0 fully saturated rings. The zero-order valence-corrected chi connectivity index (χ0v) is 16.9. The topological polar surface area (TPSA) is 52.5 Å². The molecule has 0 aliphatic carbocycles. The van der Waals surface area contributed by atoms with Gasteiger partial charge in [0.1, 0.15) is 5.69 Å². The zero-order valence-electron chi connectivity index (χ0n) is 15.4. The van der Waals surface area contributed by atoms with Gasteiger partial charge < -0.3 is 19.4 Å². The number of hydrogen-bond acceptors (Lipinski definition) is 4. The molecule has 1 aliphatic rings. The normalized spacial score (nSPS) is 12.4. The van der Waals surface area contributed by atoms with E-state index in [9.17, 15) is 4.79 Å². The number of carbonyl (C=O) groups excluding carboxylic acids is 1. The summed E-state index contributed by atoms with van der Waals surface area (Å²) in [5, 5.41) is 5.73. The van der Waals surface area contributed by atoms with Crippen LogP contribution in [0, 0.1) is 0 Å². The maximum Gasteiger partial charge on any atom is 0.268 e. The van der Waals surface area contributed by atoms with Crippen LogP contribution in [0.1, 0.15) is 21.6 Å². The number of thiophene rings is 1. The number of aromatic nitrogens is 1. The Balaban J connectivity index is 1.40. The summed E-state index contributed by atoms with van der Waals surface area (Å²) in [5.41, 5.74) is 3.58.